The van der Waals surface area contributed by atoms with Gasteiger partial charge in [0.05, 0.1) is 33.6 Å². The van der Waals surface area contributed by atoms with E-state index in [9.17, 15) is 9.59 Å². The highest BCUT2D eigenvalue weighted by atomic mass is 16.4. The highest BCUT2D eigenvalue weighted by Crippen LogP contribution is 2.04. The molecule has 0 aromatic rings. The van der Waals surface area contributed by atoms with Crippen molar-refractivity contribution < 1.29 is 19.2 Å². The quantitative estimate of drug-likeness (QED) is 0.349. The van der Waals surface area contributed by atoms with Gasteiger partial charge in [0.15, 0.2) is 0 Å². The molecule has 0 bridgehead atoms. The summed E-state index contributed by atoms with van der Waals surface area (Å²) >= 11 is 0. The van der Waals surface area contributed by atoms with E-state index in [0.29, 0.717) is 13.1 Å². The number of nitrogens with one attached hydrogen (secondary N) is 1. The Morgan fingerprint density at radius 3 is 2.44 bits per heavy atom. The average molecular weight is 257 g/mol. The molecule has 2 N–H and O–H groups in total. The van der Waals surface area contributed by atoms with Crippen LogP contribution in [0.2, 0.25) is 0 Å². The number of carbonyl (C=O) groups is 2. The monoisotopic (exact) mass is 257 g/mol. The summed E-state index contributed by atoms with van der Waals surface area (Å²) in [5.41, 5.74) is 0. The number of nitrogens with zero attached hydrogens (tertiary/aromatic N) is 1. The van der Waals surface area contributed by atoms with Gasteiger partial charge in [-0.05, 0) is 25.3 Å². The zero-order chi connectivity index (χ0) is 14.0. The smallest absolute Gasteiger partial charge is 0.309 e. The van der Waals surface area contributed by atoms with E-state index in [1.54, 1.807) is 0 Å². The van der Waals surface area contributed by atoms with Crippen molar-refractivity contribution in [3.63, 3.8) is 0 Å². The lowest BCUT2D eigenvalue weighted by molar-refractivity contribution is -0.890. The van der Waals surface area contributed by atoms with Crippen LogP contribution in [0.15, 0.2) is 12.7 Å². The van der Waals surface area contributed by atoms with Crippen molar-refractivity contribution in [2.75, 3.05) is 33.7 Å². The molecule has 5 nitrogen and oxygen atoms in total. The second-order valence-electron chi connectivity index (χ2n) is 5.08. The van der Waals surface area contributed by atoms with Crippen molar-refractivity contribution in [3.8, 4) is 0 Å². The maximum Gasteiger partial charge on any atom is 0.309 e. The molecule has 0 saturated heterocycles. The van der Waals surface area contributed by atoms with Gasteiger partial charge in [-0.15, -0.1) is 0 Å². The van der Waals surface area contributed by atoms with Gasteiger partial charge in [0, 0.05) is 6.54 Å². The van der Waals surface area contributed by atoms with Crippen LogP contribution in [0.25, 0.3) is 0 Å². The Morgan fingerprint density at radius 1 is 1.22 bits per heavy atom. The Hall–Kier alpha value is -1.36. The Labute approximate surface area is 109 Å². The van der Waals surface area contributed by atoms with Gasteiger partial charge in [-0.25, -0.2) is 0 Å². The minimum Gasteiger partial charge on any atom is -0.481 e. The minimum atomic E-state index is -0.742. The van der Waals surface area contributed by atoms with Gasteiger partial charge < -0.3 is 14.9 Å². The van der Waals surface area contributed by atoms with Crippen LogP contribution >= 0.6 is 0 Å². The van der Waals surface area contributed by atoms with Crippen LogP contribution in [-0.2, 0) is 9.59 Å². The minimum absolute atomic E-state index is 0.132. The summed E-state index contributed by atoms with van der Waals surface area (Å²) in [7, 11) is 4.09. The SMILES string of the molecule is C=CC(=O)NCCCCC[N+](C)(C)CCC(=O)O. The molecule has 0 saturated carbocycles. The second kappa shape index (κ2) is 8.69. The molecule has 0 aromatic carbocycles. The van der Waals surface area contributed by atoms with Gasteiger partial charge >= 0.3 is 5.97 Å². The summed E-state index contributed by atoms with van der Waals surface area (Å²) in [4.78, 5) is 21.4. The predicted octanol–water partition coefficient (Wildman–Crippen LogP) is 1.01. The first-order valence-corrected chi connectivity index (χ1v) is 6.31. The Bertz CT molecular complexity index is 288. The molecule has 0 radical (unpaired) electrons. The molecule has 0 atom stereocenters. The van der Waals surface area contributed by atoms with E-state index in [1.165, 1.54) is 6.08 Å². The van der Waals surface area contributed by atoms with E-state index >= 15 is 0 Å². The van der Waals surface area contributed by atoms with Gasteiger partial charge in [0.2, 0.25) is 5.91 Å². The second-order valence-corrected chi connectivity index (χ2v) is 5.08. The summed E-state index contributed by atoms with van der Waals surface area (Å²) in [5.74, 6) is -0.874. The highest BCUT2D eigenvalue weighted by molar-refractivity contribution is 5.86. The Kier molecular flexibility index (Phi) is 8.03. The standard InChI is InChI=1S/C13H24N2O3/c1-4-12(16)14-9-6-5-7-10-15(2,3)11-8-13(17)18/h4H,1,5-11H2,2-3H3,(H-,14,16,17,18)/p+1. The number of hydrogen-bond acceptors (Lipinski definition) is 2. The first kappa shape index (κ1) is 16.6. The van der Waals surface area contributed by atoms with E-state index in [-0.39, 0.29) is 12.3 Å². The zero-order valence-electron chi connectivity index (χ0n) is 11.4. The van der Waals surface area contributed by atoms with E-state index in [1.807, 2.05) is 14.1 Å². The fraction of sp³-hybridized carbons (Fsp3) is 0.692. The molecule has 0 aliphatic rings. The van der Waals surface area contributed by atoms with Crippen LogP contribution in [0.5, 0.6) is 0 Å². The molecule has 0 aliphatic heterocycles. The number of carbonyl (C=O) groups excluding carboxylic acids is 1. The van der Waals surface area contributed by atoms with Gasteiger partial charge in [0.25, 0.3) is 0 Å². The normalized spacial score (nSPS) is 11.0. The topological polar surface area (TPSA) is 66.4 Å². The van der Waals surface area contributed by atoms with Crippen LogP contribution in [0.1, 0.15) is 25.7 Å². The molecule has 0 spiro atoms. The van der Waals surface area contributed by atoms with Crippen LogP contribution in [0, 0.1) is 0 Å². The maximum absolute atomic E-state index is 10.9. The third kappa shape index (κ3) is 9.84. The third-order valence-electron chi connectivity index (χ3n) is 2.86. The zero-order valence-corrected chi connectivity index (χ0v) is 11.4. The molecule has 0 aliphatic carbocycles. The molecule has 5 heteroatoms. The van der Waals surface area contributed by atoms with Crippen LogP contribution in [-0.4, -0.2) is 55.2 Å². The van der Waals surface area contributed by atoms with E-state index in [2.05, 4.69) is 11.9 Å². The van der Waals surface area contributed by atoms with Crippen LogP contribution < -0.4 is 5.32 Å². The molecule has 1 amide bonds. The van der Waals surface area contributed by atoms with Crippen LogP contribution in [0.4, 0.5) is 0 Å². The first-order valence-electron chi connectivity index (χ1n) is 6.31. The number of rotatable bonds is 10. The van der Waals surface area contributed by atoms with Gasteiger partial charge in [0.1, 0.15) is 0 Å². The summed E-state index contributed by atoms with van der Waals surface area (Å²) in [6.45, 7) is 5.67. The lowest BCUT2D eigenvalue weighted by atomic mass is 10.2. The largest absolute Gasteiger partial charge is 0.481 e. The molecule has 0 aromatic heterocycles. The molecule has 0 rings (SSSR count). The molecular weight excluding hydrogens is 232 g/mol. The van der Waals surface area contributed by atoms with E-state index < -0.39 is 5.97 Å². The molecule has 104 valence electrons. The summed E-state index contributed by atoms with van der Waals surface area (Å²) < 4.78 is 0.727. The van der Waals surface area contributed by atoms with Crippen molar-refractivity contribution in [2.45, 2.75) is 25.7 Å². The molecule has 0 fully saturated rings. The summed E-state index contributed by atoms with van der Waals surface area (Å²) in [6, 6.07) is 0. The molecule has 18 heavy (non-hydrogen) atoms. The number of hydrogen-bond donors (Lipinski definition) is 2. The maximum atomic E-state index is 10.9. The van der Waals surface area contributed by atoms with Crippen molar-refractivity contribution in [1.82, 2.24) is 5.32 Å². The predicted molar refractivity (Wildman–Crippen MR) is 71.2 cm³/mol. The number of aliphatic carboxylic acids is 1. The number of quaternary nitrogens is 1. The van der Waals surface area contributed by atoms with Gasteiger partial charge in [-0.3, -0.25) is 9.59 Å². The first-order chi connectivity index (χ1) is 8.37. The average Bonchev–Trinajstić information content (AvgIpc) is 2.30. The number of amides is 1. The summed E-state index contributed by atoms with van der Waals surface area (Å²) in [5, 5.41) is 11.4. The Morgan fingerprint density at radius 2 is 1.89 bits per heavy atom. The van der Waals surface area contributed by atoms with Gasteiger partial charge in [-0.1, -0.05) is 6.58 Å². The van der Waals surface area contributed by atoms with Gasteiger partial charge in [-0.2, -0.15) is 0 Å². The number of carboxylic acids is 1. The lowest BCUT2D eigenvalue weighted by Crippen LogP contribution is -2.42. The third-order valence-corrected chi connectivity index (χ3v) is 2.86. The van der Waals surface area contributed by atoms with E-state index in [0.717, 1.165) is 30.3 Å². The Balaban J connectivity index is 3.55. The number of unbranched alkanes of at least 4 members (excludes halogenated alkanes) is 2. The van der Waals surface area contributed by atoms with Crippen LogP contribution in [0.3, 0.4) is 0 Å². The van der Waals surface area contributed by atoms with Crippen molar-refractivity contribution in [3.05, 3.63) is 12.7 Å². The highest BCUT2D eigenvalue weighted by Gasteiger charge is 2.15. The summed E-state index contributed by atoms with van der Waals surface area (Å²) in [6.07, 6.45) is 4.50. The number of carboxylic acid groups (broad SMARTS) is 1. The fourth-order valence-electron chi connectivity index (χ4n) is 1.64. The van der Waals surface area contributed by atoms with Crippen molar-refractivity contribution in [2.24, 2.45) is 0 Å². The molecular formula is C13H25N2O3+. The molecule has 0 unspecified atom stereocenters. The fourth-order valence-corrected chi connectivity index (χ4v) is 1.64. The molecule has 0 heterocycles. The van der Waals surface area contributed by atoms with E-state index in [4.69, 9.17) is 5.11 Å². The van der Waals surface area contributed by atoms with Crippen molar-refractivity contribution >= 4 is 11.9 Å². The lowest BCUT2D eigenvalue weighted by Gasteiger charge is -2.29. The van der Waals surface area contributed by atoms with Crippen molar-refractivity contribution in [1.29, 1.82) is 0 Å².